The van der Waals surface area contributed by atoms with Gasteiger partial charge in [0.25, 0.3) is 5.69 Å². The molecule has 0 saturated heterocycles. The van der Waals surface area contributed by atoms with Crippen LogP contribution in [-0.2, 0) is 0 Å². The summed E-state index contributed by atoms with van der Waals surface area (Å²) < 4.78 is 0. The third-order valence-electron chi connectivity index (χ3n) is 2.77. The van der Waals surface area contributed by atoms with Crippen LogP contribution in [0.25, 0.3) is 11.6 Å². The van der Waals surface area contributed by atoms with Gasteiger partial charge in [-0.25, -0.2) is 0 Å². The monoisotopic (exact) mass is 318 g/mol. The lowest BCUT2D eigenvalue weighted by atomic mass is 10.0. The normalized spacial score (nSPS) is 11.0. The molecule has 0 aromatic heterocycles. The summed E-state index contributed by atoms with van der Waals surface area (Å²) in [7, 11) is 0. The summed E-state index contributed by atoms with van der Waals surface area (Å²) in [6.45, 7) is 0. The van der Waals surface area contributed by atoms with Gasteiger partial charge in [-0.3, -0.25) is 10.1 Å². The highest BCUT2D eigenvalue weighted by atomic mass is 35.5. The molecule has 0 fully saturated rings. The van der Waals surface area contributed by atoms with Crippen molar-refractivity contribution >= 4 is 40.5 Å². The number of allylic oxidation sites excluding steroid dienone is 1. The van der Waals surface area contributed by atoms with Crippen LogP contribution in [0.2, 0.25) is 10.0 Å². The van der Waals surface area contributed by atoms with Gasteiger partial charge in [-0.05, 0) is 29.8 Å². The highest BCUT2D eigenvalue weighted by Gasteiger charge is 2.16. The summed E-state index contributed by atoms with van der Waals surface area (Å²) in [5, 5.41) is 21.2. The second-order valence-electron chi connectivity index (χ2n) is 4.11. The minimum Gasteiger partial charge on any atom is -0.258 e. The second kappa shape index (κ2) is 6.40. The molecule has 0 aliphatic rings. The lowest BCUT2D eigenvalue weighted by Gasteiger charge is -2.03. The van der Waals surface area contributed by atoms with Crippen LogP contribution < -0.4 is 0 Å². The number of nitriles is 1. The molecule has 104 valence electrons. The van der Waals surface area contributed by atoms with Crippen molar-refractivity contribution in [1.29, 1.82) is 5.26 Å². The van der Waals surface area contributed by atoms with Crippen molar-refractivity contribution in [3.63, 3.8) is 0 Å². The van der Waals surface area contributed by atoms with Gasteiger partial charge in [-0.2, -0.15) is 5.26 Å². The molecule has 0 amide bonds. The maximum absolute atomic E-state index is 11.0. The number of nitro benzene ring substituents is 1. The Balaban J connectivity index is 2.57. The van der Waals surface area contributed by atoms with Gasteiger partial charge in [0.2, 0.25) is 0 Å². The van der Waals surface area contributed by atoms with Gasteiger partial charge >= 0.3 is 0 Å². The highest BCUT2D eigenvalue weighted by molar-refractivity contribution is 6.35. The molecule has 0 aliphatic carbocycles. The number of rotatable bonds is 3. The zero-order valence-corrected chi connectivity index (χ0v) is 12.1. The van der Waals surface area contributed by atoms with Crippen molar-refractivity contribution < 1.29 is 4.92 Å². The predicted octanol–water partition coefficient (Wildman–Crippen LogP) is 4.97. The Labute approximate surface area is 131 Å². The van der Waals surface area contributed by atoms with E-state index in [1.807, 2.05) is 6.07 Å². The zero-order valence-electron chi connectivity index (χ0n) is 10.6. The quantitative estimate of drug-likeness (QED) is 0.347. The first kappa shape index (κ1) is 15.0. The van der Waals surface area contributed by atoms with E-state index in [0.717, 1.165) is 0 Å². The maximum atomic E-state index is 11.0. The Bertz CT molecular complexity index is 779. The molecule has 0 spiro atoms. The van der Waals surface area contributed by atoms with Crippen molar-refractivity contribution in [3.8, 4) is 6.07 Å². The van der Waals surface area contributed by atoms with Gasteiger partial charge in [0.1, 0.15) is 6.07 Å². The molecule has 21 heavy (non-hydrogen) atoms. The van der Waals surface area contributed by atoms with E-state index in [0.29, 0.717) is 15.6 Å². The number of para-hydroxylation sites is 1. The van der Waals surface area contributed by atoms with Crippen LogP contribution in [0.15, 0.2) is 42.5 Å². The summed E-state index contributed by atoms with van der Waals surface area (Å²) in [6.07, 6.45) is 1.50. The second-order valence-corrected chi connectivity index (χ2v) is 4.95. The van der Waals surface area contributed by atoms with E-state index in [1.165, 1.54) is 18.2 Å². The largest absolute Gasteiger partial charge is 0.277 e. The number of hydrogen-bond donors (Lipinski definition) is 0. The Hall–Kier alpha value is -2.35. The molecule has 2 aromatic rings. The molecule has 0 N–H and O–H groups in total. The molecule has 0 radical (unpaired) electrons. The number of halogens is 2. The van der Waals surface area contributed by atoms with Gasteiger partial charge < -0.3 is 0 Å². The van der Waals surface area contributed by atoms with Gasteiger partial charge in [-0.15, -0.1) is 0 Å². The van der Waals surface area contributed by atoms with Crippen LogP contribution in [0.5, 0.6) is 0 Å². The van der Waals surface area contributed by atoms with E-state index < -0.39 is 4.92 Å². The van der Waals surface area contributed by atoms with Crippen molar-refractivity contribution in [2.45, 2.75) is 0 Å². The van der Waals surface area contributed by atoms with E-state index in [4.69, 9.17) is 23.2 Å². The molecule has 6 heteroatoms. The van der Waals surface area contributed by atoms with Gasteiger partial charge in [-0.1, -0.05) is 41.4 Å². The van der Waals surface area contributed by atoms with Crippen molar-refractivity contribution in [2.75, 3.05) is 0 Å². The fraction of sp³-hybridized carbons (Fsp3) is 0. The first-order chi connectivity index (χ1) is 10.0. The van der Waals surface area contributed by atoms with Crippen LogP contribution in [0.1, 0.15) is 11.1 Å². The summed E-state index contributed by atoms with van der Waals surface area (Å²) in [5.74, 6) is 0. The van der Waals surface area contributed by atoms with Gasteiger partial charge in [0.15, 0.2) is 0 Å². The van der Waals surface area contributed by atoms with Crippen LogP contribution in [0.4, 0.5) is 5.69 Å². The Morgan fingerprint density at radius 1 is 1.24 bits per heavy atom. The van der Waals surface area contributed by atoms with Crippen LogP contribution in [0, 0.1) is 21.4 Å². The van der Waals surface area contributed by atoms with Gasteiger partial charge in [0.05, 0.1) is 16.1 Å². The van der Waals surface area contributed by atoms with Crippen LogP contribution in [-0.4, -0.2) is 4.92 Å². The van der Waals surface area contributed by atoms with Crippen molar-refractivity contribution in [1.82, 2.24) is 0 Å². The van der Waals surface area contributed by atoms with E-state index in [1.54, 1.807) is 30.3 Å². The Morgan fingerprint density at radius 2 is 1.95 bits per heavy atom. The summed E-state index contributed by atoms with van der Waals surface area (Å²) >= 11 is 11.9. The molecule has 2 rings (SSSR count). The van der Waals surface area contributed by atoms with Crippen molar-refractivity contribution in [3.05, 3.63) is 73.8 Å². The molecular formula is C15H8Cl2N2O2. The van der Waals surface area contributed by atoms with Gasteiger partial charge in [0, 0.05) is 16.1 Å². The molecule has 0 heterocycles. The summed E-state index contributed by atoms with van der Waals surface area (Å²) in [5.41, 5.74) is 0.841. The number of hydrogen-bond acceptors (Lipinski definition) is 3. The lowest BCUT2D eigenvalue weighted by molar-refractivity contribution is -0.385. The summed E-state index contributed by atoms with van der Waals surface area (Å²) in [6, 6.07) is 12.9. The lowest BCUT2D eigenvalue weighted by Crippen LogP contribution is -1.94. The smallest absolute Gasteiger partial charge is 0.258 e. The first-order valence-electron chi connectivity index (χ1n) is 5.83. The Morgan fingerprint density at radius 3 is 2.57 bits per heavy atom. The minimum absolute atomic E-state index is 0.129. The molecule has 4 nitrogen and oxygen atoms in total. The Kier molecular flexibility index (Phi) is 4.59. The van der Waals surface area contributed by atoms with Crippen molar-refractivity contribution in [2.24, 2.45) is 0 Å². The summed E-state index contributed by atoms with van der Waals surface area (Å²) in [4.78, 5) is 10.5. The first-order valence-corrected chi connectivity index (χ1v) is 6.59. The average Bonchev–Trinajstić information content (AvgIpc) is 2.46. The third-order valence-corrected chi connectivity index (χ3v) is 3.34. The molecule has 0 aliphatic heterocycles. The topological polar surface area (TPSA) is 66.9 Å². The molecule has 0 unspecified atom stereocenters. The fourth-order valence-corrected chi connectivity index (χ4v) is 2.27. The minimum atomic E-state index is -0.524. The molecule has 2 aromatic carbocycles. The maximum Gasteiger partial charge on any atom is 0.277 e. The van der Waals surface area contributed by atoms with Crippen LogP contribution >= 0.6 is 23.2 Å². The number of benzene rings is 2. The zero-order chi connectivity index (χ0) is 15.4. The van der Waals surface area contributed by atoms with E-state index >= 15 is 0 Å². The fourth-order valence-electron chi connectivity index (χ4n) is 1.80. The molecule has 0 atom stereocenters. The molecular weight excluding hydrogens is 311 g/mol. The number of nitrogens with zero attached hydrogens (tertiary/aromatic N) is 2. The standard InChI is InChI=1S/C15H8Cl2N2O2/c16-12-6-5-10(14(17)8-12)7-11(9-18)13-3-1-2-4-15(13)19(20)21/h1-8H/b11-7+. The predicted molar refractivity (Wildman–Crippen MR) is 83.0 cm³/mol. The molecule has 0 saturated carbocycles. The highest BCUT2D eigenvalue weighted by Crippen LogP contribution is 2.29. The SMILES string of the molecule is N#C/C(=C\c1ccc(Cl)cc1Cl)c1ccccc1[N+](=O)[O-]. The van der Waals surface area contributed by atoms with E-state index in [-0.39, 0.29) is 16.8 Å². The van der Waals surface area contributed by atoms with E-state index in [2.05, 4.69) is 0 Å². The average molecular weight is 319 g/mol. The third kappa shape index (κ3) is 3.40. The van der Waals surface area contributed by atoms with E-state index in [9.17, 15) is 15.4 Å². The molecule has 0 bridgehead atoms. The number of nitro groups is 1. The van der Waals surface area contributed by atoms with Crippen LogP contribution in [0.3, 0.4) is 0 Å².